The molecule has 1 fully saturated rings. The Hall–Kier alpha value is -3.59. The molecule has 9 heteroatoms. The van der Waals surface area contributed by atoms with Crippen molar-refractivity contribution in [3.05, 3.63) is 62.7 Å². The molecule has 1 aliphatic heterocycles. The summed E-state index contributed by atoms with van der Waals surface area (Å²) in [5, 5.41) is 2.97. The number of methoxy groups -OCH3 is 1. The first kappa shape index (κ1) is 20.7. The molecule has 0 saturated carbocycles. The van der Waals surface area contributed by atoms with E-state index in [4.69, 9.17) is 9.47 Å². The van der Waals surface area contributed by atoms with Crippen molar-refractivity contribution in [3.63, 3.8) is 0 Å². The van der Waals surface area contributed by atoms with Crippen LogP contribution in [-0.4, -0.2) is 48.5 Å². The Bertz CT molecular complexity index is 1270. The van der Waals surface area contributed by atoms with Crippen LogP contribution in [0.2, 0.25) is 0 Å². The molecule has 0 aliphatic carbocycles. The van der Waals surface area contributed by atoms with E-state index in [9.17, 15) is 14.4 Å². The number of morpholine rings is 1. The highest BCUT2D eigenvalue weighted by Gasteiger charge is 2.20. The van der Waals surface area contributed by atoms with Gasteiger partial charge in [0.2, 0.25) is 0 Å². The highest BCUT2D eigenvalue weighted by Crippen LogP contribution is 2.31. The van der Waals surface area contributed by atoms with Crippen molar-refractivity contribution >= 4 is 28.3 Å². The Kier molecular flexibility index (Phi) is 5.51. The van der Waals surface area contributed by atoms with Crippen LogP contribution in [0.4, 0.5) is 11.4 Å². The molecule has 2 heterocycles. The maximum atomic E-state index is 13.0. The van der Waals surface area contributed by atoms with Crippen LogP contribution in [0, 0.1) is 0 Å². The van der Waals surface area contributed by atoms with Gasteiger partial charge in [0, 0.05) is 32.7 Å². The van der Waals surface area contributed by atoms with Crippen LogP contribution < -0.4 is 26.1 Å². The second-order valence-corrected chi connectivity index (χ2v) is 7.37. The van der Waals surface area contributed by atoms with E-state index in [0.29, 0.717) is 54.3 Å². The zero-order valence-corrected chi connectivity index (χ0v) is 17.7. The van der Waals surface area contributed by atoms with E-state index in [0.717, 1.165) is 5.69 Å². The molecule has 4 rings (SSSR count). The van der Waals surface area contributed by atoms with Gasteiger partial charge in [0.1, 0.15) is 5.75 Å². The fourth-order valence-corrected chi connectivity index (χ4v) is 3.73. The minimum absolute atomic E-state index is 0.303. The smallest absolute Gasteiger partial charge is 0.316 e. The number of fused-ring (bicyclic) bond motifs is 1. The number of nitrogens with one attached hydrogen (secondary N) is 1. The third-order valence-electron chi connectivity index (χ3n) is 5.54. The van der Waals surface area contributed by atoms with E-state index < -0.39 is 11.1 Å². The number of hydrogen-bond donors (Lipinski definition) is 1. The summed E-state index contributed by atoms with van der Waals surface area (Å²) in [7, 11) is 4.67. The van der Waals surface area contributed by atoms with Gasteiger partial charge in [-0.3, -0.25) is 14.4 Å². The molecule has 1 amide bonds. The summed E-state index contributed by atoms with van der Waals surface area (Å²) in [6, 6.07) is 10.4. The van der Waals surface area contributed by atoms with Gasteiger partial charge in [0.25, 0.3) is 5.91 Å². The Labute approximate surface area is 178 Å². The summed E-state index contributed by atoms with van der Waals surface area (Å²) >= 11 is 0. The first-order chi connectivity index (χ1) is 14.9. The van der Waals surface area contributed by atoms with Gasteiger partial charge in [0.15, 0.2) is 0 Å². The Morgan fingerprint density at radius 1 is 1.00 bits per heavy atom. The molecule has 2 aromatic carbocycles. The lowest BCUT2D eigenvalue weighted by molar-refractivity contribution is 0.102. The molecule has 3 aromatic rings. The highest BCUT2D eigenvalue weighted by molar-refractivity contribution is 6.07. The summed E-state index contributed by atoms with van der Waals surface area (Å²) < 4.78 is 13.3. The summed E-state index contributed by atoms with van der Waals surface area (Å²) in [6.07, 6.45) is 0. The molecule has 9 nitrogen and oxygen atoms in total. The predicted molar refractivity (Wildman–Crippen MR) is 118 cm³/mol. The van der Waals surface area contributed by atoms with Crippen molar-refractivity contribution in [2.75, 3.05) is 43.6 Å². The quantitative estimate of drug-likeness (QED) is 0.635. The minimum Gasteiger partial charge on any atom is -0.497 e. The van der Waals surface area contributed by atoms with Gasteiger partial charge in [-0.15, -0.1) is 0 Å². The molecule has 31 heavy (non-hydrogen) atoms. The zero-order chi connectivity index (χ0) is 22.1. The number of benzene rings is 2. The number of carbonyl (C=O) groups is 1. The SMILES string of the molecule is COc1cccc(C(=O)Nc2cc3c(cc2N2CCOCC2)n(C)c(=O)c(=O)n3C)c1. The monoisotopic (exact) mass is 424 g/mol. The number of amides is 1. The third-order valence-corrected chi connectivity index (χ3v) is 5.54. The minimum atomic E-state index is -0.626. The number of hydrogen-bond acceptors (Lipinski definition) is 6. The fraction of sp³-hybridized carbons (Fsp3) is 0.318. The van der Waals surface area contributed by atoms with Crippen LogP contribution in [0.1, 0.15) is 10.4 Å². The Balaban J connectivity index is 1.86. The molecular weight excluding hydrogens is 400 g/mol. The van der Waals surface area contributed by atoms with E-state index in [1.54, 1.807) is 51.5 Å². The molecule has 1 saturated heterocycles. The van der Waals surface area contributed by atoms with E-state index >= 15 is 0 Å². The summed E-state index contributed by atoms with van der Waals surface area (Å²) in [5.74, 6) is 0.277. The van der Waals surface area contributed by atoms with Gasteiger partial charge in [-0.1, -0.05) is 6.07 Å². The summed E-state index contributed by atoms with van der Waals surface area (Å²) in [6.45, 7) is 2.42. The predicted octanol–water partition coefficient (Wildman–Crippen LogP) is 1.33. The van der Waals surface area contributed by atoms with E-state index in [-0.39, 0.29) is 5.91 Å². The normalized spacial score (nSPS) is 14.0. The largest absolute Gasteiger partial charge is 0.497 e. The number of ether oxygens (including phenoxy) is 2. The Morgan fingerprint density at radius 2 is 1.65 bits per heavy atom. The van der Waals surface area contributed by atoms with Crippen LogP contribution >= 0.6 is 0 Å². The van der Waals surface area contributed by atoms with Gasteiger partial charge >= 0.3 is 11.1 Å². The van der Waals surface area contributed by atoms with Crippen molar-refractivity contribution in [1.29, 1.82) is 0 Å². The van der Waals surface area contributed by atoms with Crippen molar-refractivity contribution < 1.29 is 14.3 Å². The van der Waals surface area contributed by atoms with Crippen molar-refractivity contribution in [2.45, 2.75) is 0 Å². The maximum absolute atomic E-state index is 13.0. The molecule has 0 atom stereocenters. The first-order valence-corrected chi connectivity index (χ1v) is 9.92. The highest BCUT2D eigenvalue weighted by atomic mass is 16.5. The number of nitrogens with zero attached hydrogens (tertiary/aromatic N) is 3. The molecule has 0 bridgehead atoms. The molecule has 0 radical (unpaired) electrons. The van der Waals surface area contributed by atoms with Crippen molar-refractivity contribution in [2.24, 2.45) is 14.1 Å². The van der Waals surface area contributed by atoms with Crippen molar-refractivity contribution in [3.8, 4) is 5.75 Å². The number of anilines is 2. The molecule has 1 aromatic heterocycles. The maximum Gasteiger partial charge on any atom is 0.316 e. The summed E-state index contributed by atoms with van der Waals surface area (Å²) in [4.78, 5) is 39.7. The van der Waals surface area contributed by atoms with Gasteiger partial charge < -0.3 is 28.8 Å². The van der Waals surface area contributed by atoms with Gasteiger partial charge in [-0.2, -0.15) is 0 Å². The van der Waals surface area contributed by atoms with E-state index in [1.807, 2.05) is 6.07 Å². The van der Waals surface area contributed by atoms with Crippen LogP contribution in [0.5, 0.6) is 5.75 Å². The second kappa shape index (κ2) is 8.27. The van der Waals surface area contributed by atoms with Gasteiger partial charge in [-0.05, 0) is 30.3 Å². The first-order valence-electron chi connectivity index (χ1n) is 9.92. The molecule has 1 N–H and O–H groups in total. The van der Waals surface area contributed by atoms with E-state index in [1.165, 1.54) is 9.13 Å². The molecule has 0 unspecified atom stereocenters. The fourth-order valence-electron chi connectivity index (χ4n) is 3.73. The standard InChI is InChI=1S/C22H24N4O5/c1-24-18-12-16(23-20(27)14-5-4-6-15(11-14)30-3)17(26-7-9-31-10-8-26)13-19(18)25(2)22(29)21(24)28/h4-6,11-13H,7-10H2,1-3H3,(H,23,27). The molecule has 1 aliphatic rings. The lowest BCUT2D eigenvalue weighted by atomic mass is 10.1. The van der Waals surface area contributed by atoms with E-state index in [2.05, 4.69) is 10.2 Å². The topological polar surface area (TPSA) is 94.8 Å². The average Bonchev–Trinajstić information content (AvgIpc) is 2.81. The van der Waals surface area contributed by atoms with Crippen LogP contribution in [-0.2, 0) is 18.8 Å². The van der Waals surface area contributed by atoms with Crippen LogP contribution in [0.3, 0.4) is 0 Å². The van der Waals surface area contributed by atoms with Crippen LogP contribution in [0.15, 0.2) is 46.0 Å². The molecule has 0 spiro atoms. The van der Waals surface area contributed by atoms with Gasteiger partial charge in [-0.25, -0.2) is 0 Å². The number of carbonyl (C=O) groups excluding carboxylic acids is 1. The molecular formula is C22H24N4O5. The van der Waals surface area contributed by atoms with Crippen molar-refractivity contribution in [1.82, 2.24) is 9.13 Å². The number of rotatable bonds is 4. The zero-order valence-electron chi connectivity index (χ0n) is 17.7. The third kappa shape index (κ3) is 3.79. The second-order valence-electron chi connectivity index (χ2n) is 7.37. The number of aryl methyl sites for hydroxylation is 2. The van der Waals surface area contributed by atoms with Gasteiger partial charge in [0.05, 0.1) is 42.7 Å². The lowest BCUT2D eigenvalue weighted by Gasteiger charge is -2.31. The Morgan fingerprint density at radius 3 is 2.29 bits per heavy atom. The van der Waals surface area contributed by atoms with Crippen LogP contribution in [0.25, 0.3) is 11.0 Å². The summed E-state index contributed by atoms with van der Waals surface area (Å²) in [5.41, 5.74) is 1.69. The number of aromatic nitrogens is 2. The lowest BCUT2D eigenvalue weighted by Crippen LogP contribution is -2.40. The molecule has 162 valence electrons. The average molecular weight is 424 g/mol.